The molecule has 0 amide bonds. The molecular weight excluding hydrogens is 491 g/mol. The molecular formula is C25H26F3N5O4. The summed E-state index contributed by atoms with van der Waals surface area (Å²) in [4.78, 5) is 12.8. The average Bonchev–Trinajstić information content (AvgIpc) is 3.31. The highest BCUT2D eigenvalue weighted by molar-refractivity contribution is 5.76. The molecule has 0 saturated carbocycles. The minimum atomic E-state index is -4.47. The van der Waals surface area contributed by atoms with Crippen LogP contribution in [0, 0.1) is 0 Å². The first-order valence-electron chi connectivity index (χ1n) is 11.8. The summed E-state index contributed by atoms with van der Waals surface area (Å²) in [6, 6.07) is 11.6. The van der Waals surface area contributed by atoms with Gasteiger partial charge in [0, 0.05) is 30.9 Å². The number of benzene rings is 1. The smallest absolute Gasteiger partial charge is 0.416 e. The van der Waals surface area contributed by atoms with Gasteiger partial charge in [-0.05, 0) is 36.8 Å². The molecule has 2 aliphatic rings. The molecule has 0 spiro atoms. The predicted octanol–water partition coefficient (Wildman–Crippen LogP) is 2.68. The van der Waals surface area contributed by atoms with E-state index >= 15 is 0 Å². The number of ether oxygens (including phenoxy) is 1. The summed E-state index contributed by atoms with van der Waals surface area (Å²) in [5.74, 6) is 1.15. The standard InChI is InChI=1S/C25H26F3N5O4/c26-25(27,28)16-3-1-2-15(10-16)20-4-5-21-23(30-20)33(17-7-9-32(21)12-17)24(36)31-22-11-19(6-8-29-22)37-14-18(35)13-34/h1-6,8,10-11,17-18,24,34-36H,7,9,12-14H2,(H,29,31)/t17-,18-,24?/m0/s1. The lowest BCUT2D eigenvalue weighted by molar-refractivity contribution is -0.137. The van der Waals surface area contributed by atoms with Gasteiger partial charge in [0.1, 0.15) is 24.3 Å². The highest BCUT2D eigenvalue weighted by Gasteiger charge is 2.40. The number of hydrogen-bond donors (Lipinski definition) is 4. The van der Waals surface area contributed by atoms with E-state index in [-0.39, 0.29) is 12.6 Å². The molecule has 3 aromatic rings. The Morgan fingerprint density at radius 2 is 1.97 bits per heavy atom. The Morgan fingerprint density at radius 1 is 1.14 bits per heavy atom. The minimum absolute atomic E-state index is 0.0709. The van der Waals surface area contributed by atoms with E-state index in [9.17, 15) is 23.4 Å². The Kier molecular flexibility index (Phi) is 6.80. The molecule has 1 aromatic carbocycles. The summed E-state index contributed by atoms with van der Waals surface area (Å²) >= 11 is 0. The van der Waals surface area contributed by atoms with Gasteiger partial charge in [0.25, 0.3) is 0 Å². The Morgan fingerprint density at radius 3 is 2.76 bits per heavy atom. The van der Waals surface area contributed by atoms with Crippen LogP contribution < -0.4 is 19.9 Å². The van der Waals surface area contributed by atoms with Crippen LogP contribution in [-0.2, 0) is 6.18 Å². The van der Waals surface area contributed by atoms with Gasteiger partial charge in [0.15, 0.2) is 5.82 Å². The molecule has 2 aliphatic heterocycles. The van der Waals surface area contributed by atoms with E-state index in [1.807, 2.05) is 6.07 Å². The monoisotopic (exact) mass is 517 g/mol. The van der Waals surface area contributed by atoms with Crippen LogP contribution in [0.2, 0.25) is 0 Å². The van der Waals surface area contributed by atoms with Gasteiger partial charge in [-0.15, -0.1) is 0 Å². The maximum Gasteiger partial charge on any atom is 0.416 e. The number of aromatic nitrogens is 2. The van der Waals surface area contributed by atoms with E-state index in [1.165, 1.54) is 12.3 Å². The van der Waals surface area contributed by atoms with E-state index in [4.69, 9.17) is 9.84 Å². The number of anilines is 3. The van der Waals surface area contributed by atoms with Crippen molar-refractivity contribution in [1.82, 2.24) is 9.97 Å². The number of aliphatic hydroxyl groups is 3. The van der Waals surface area contributed by atoms with Crippen LogP contribution in [-0.4, -0.2) is 70.1 Å². The molecule has 2 bridgehead atoms. The van der Waals surface area contributed by atoms with Gasteiger partial charge in [0.2, 0.25) is 6.35 Å². The van der Waals surface area contributed by atoms with Crippen LogP contribution in [0.5, 0.6) is 5.75 Å². The van der Waals surface area contributed by atoms with Gasteiger partial charge in [-0.1, -0.05) is 12.1 Å². The molecule has 0 aliphatic carbocycles. The molecule has 5 rings (SSSR count). The third-order valence-electron chi connectivity index (χ3n) is 6.41. The maximum atomic E-state index is 13.3. The van der Waals surface area contributed by atoms with Crippen molar-refractivity contribution >= 4 is 17.3 Å². The second kappa shape index (κ2) is 10.0. The lowest BCUT2D eigenvalue weighted by Crippen LogP contribution is -2.51. The number of nitrogens with one attached hydrogen (secondary N) is 1. The SMILES string of the molecule is OC[C@H](O)COc1ccnc(NC(O)N2c3nc(-c4cccc(C(F)(F)F)c4)ccc3N3CC[C@H]2C3)c1. The highest BCUT2D eigenvalue weighted by atomic mass is 19.4. The number of halogens is 3. The van der Waals surface area contributed by atoms with E-state index in [0.717, 1.165) is 30.8 Å². The number of hydrogen-bond acceptors (Lipinski definition) is 9. The van der Waals surface area contributed by atoms with Crippen LogP contribution in [0.3, 0.4) is 0 Å². The molecule has 3 atom stereocenters. The van der Waals surface area contributed by atoms with Crippen molar-refractivity contribution < 1.29 is 33.2 Å². The Labute approximate surface area is 210 Å². The summed E-state index contributed by atoms with van der Waals surface area (Å²) in [6.45, 7) is 0.894. The predicted molar refractivity (Wildman–Crippen MR) is 130 cm³/mol. The van der Waals surface area contributed by atoms with E-state index in [1.54, 1.807) is 29.2 Å². The summed E-state index contributed by atoms with van der Waals surface area (Å²) < 4.78 is 45.2. The second-order valence-corrected chi connectivity index (χ2v) is 8.96. The molecule has 12 heteroatoms. The van der Waals surface area contributed by atoms with Gasteiger partial charge in [0.05, 0.1) is 29.6 Å². The third kappa shape index (κ3) is 5.26. The fraction of sp³-hybridized carbons (Fsp3) is 0.360. The molecule has 196 valence electrons. The van der Waals surface area contributed by atoms with E-state index < -0.39 is 30.8 Å². The number of pyridine rings is 2. The van der Waals surface area contributed by atoms with Gasteiger partial charge in [-0.25, -0.2) is 9.97 Å². The molecule has 37 heavy (non-hydrogen) atoms. The lowest BCUT2D eigenvalue weighted by Gasteiger charge is -2.40. The molecule has 1 saturated heterocycles. The summed E-state index contributed by atoms with van der Waals surface area (Å²) in [5.41, 5.74) is 0.713. The molecule has 2 aromatic heterocycles. The summed E-state index contributed by atoms with van der Waals surface area (Å²) in [7, 11) is 0. The van der Waals surface area contributed by atoms with Crippen molar-refractivity contribution in [1.29, 1.82) is 0 Å². The van der Waals surface area contributed by atoms with Gasteiger partial charge >= 0.3 is 6.18 Å². The van der Waals surface area contributed by atoms with E-state index in [2.05, 4.69) is 20.2 Å². The number of aliphatic hydroxyl groups excluding tert-OH is 3. The molecule has 1 fully saturated rings. The fourth-order valence-electron chi connectivity index (χ4n) is 4.60. The van der Waals surface area contributed by atoms with Crippen LogP contribution in [0.25, 0.3) is 11.3 Å². The fourth-order valence-corrected chi connectivity index (χ4v) is 4.60. The van der Waals surface area contributed by atoms with Crippen molar-refractivity contribution in [3.05, 3.63) is 60.3 Å². The van der Waals surface area contributed by atoms with Gasteiger partial charge < -0.3 is 35.2 Å². The van der Waals surface area contributed by atoms with Crippen molar-refractivity contribution in [2.45, 2.75) is 31.1 Å². The summed E-state index contributed by atoms with van der Waals surface area (Å²) in [6.07, 6.45) is -4.49. The van der Waals surface area contributed by atoms with Crippen LogP contribution >= 0.6 is 0 Å². The zero-order valence-corrected chi connectivity index (χ0v) is 19.6. The number of rotatable bonds is 8. The van der Waals surface area contributed by atoms with Crippen molar-refractivity contribution in [3.63, 3.8) is 0 Å². The number of nitrogens with zero attached hydrogens (tertiary/aromatic N) is 4. The second-order valence-electron chi connectivity index (χ2n) is 8.96. The Hall–Kier alpha value is -3.61. The van der Waals surface area contributed by atoms with E-state index in [0.29, 0.717) is 35.2 Å². The number of fused-ring (bicyclic) bond motifs is 4. The summed E-state index contributed by atoms with van der Waals surface area (Å²) in [5, 5.41) is 32.6. The lowest BCUT2D eigenvalue weighted by atomic mass is 10.1. The van der Waals surface area contributed by atoms with Crippen molar-refractivity contribution in [2.75, 3.05) is 41.4 Å². The third-order valence-corrected chi connectivity index (χ3v) is 6.41. The van der Waals surface area contributed by atoms with Gasteiger partial charge in [-0.2, -0.15) is 13.2 Å². The number of alkyl halides is 3. The van der Waals surface area contributed by atoms with Crippen LogP contribution in [0.15, 0.2) is 54.7 Å². The molecule has 1 unspecified atom stereocenters. The van der Waals surface area contributed by atoms with Crippen molar-refractivity contribution in [2.24, 2.45) is 0 Å². The Balaban J connectivity index is 1.42. The topological polar surface area (TPSA) is 114 Å². The first kappa shape index (κ1) is 25.1. The zero-order valence-electron chi connectivity index (χ0n) is 19.6. The Bertz CT molecular complexity index is 1260. The zero-order chi connectivity index (χ0) is 26.2. The molecule has 4 heterocycles. The van der Waals surface area contributed by atoms with Gasteiger partial charge in [-0.3, -0.25) is 0 Å². The molecule has 0 radical (unpaired) electrons. The first-order chi connectivity index (χ1) is 17.7. The quantitative estimate of drug-likeness (QED) is 0.335. The first-order valence-corrected chi connectivity index (χ1v) is 11.8. The van der Waals surface area contributed by atoms with Crippen LogP contribution in [0.4, 0.5) is 30.5 Å². The molecule has 4 N–H and O–H groups in total. The largest absolute Gasteiger partial charge is 0.491 e. The van der Waals surface area contributed by atoms with Crippen LogP contribution in [0.1, 0.15) is 12.0 Å². The maximum absolute atomic E-state index is 13.3. The highest BCUT2D eigenvalue weighted by Crippen LogP contribution is 2.41. The molecule has 9 nitrogen and oxygen atoms in total. The van der Waals surface area contributed by atoms with Crippen molar-refractivity contribution in [3.8, 4) is 17.0 Å². The normalized spacial score (nSPS) is 18.4. The minimum Gasteiger partial charge on any atom is -0.491 e. The average molecular weight is 518 g/mol.